The fraction of sp³-hybridized carbons (Fsp3) is 0.261. The highest BCUT2D eigenvalue weighted by atomic mass is 15.0. The number of H-pyrrole nitrogens is 2. The number of nitrogens with two attached hydrogens (primary N) is 1. The molecular weight excluding hydrogens is 374 g/mol. The molecule has 1 aromatic carbocycles. The van der Waals surface area contributed by atoms with Crippen LogP contribution in [0.3, 0.4) is 0 Å². The number of rotatable bonds is 5. The molecule has 0 amide bonds. The molecule has 5 N–H and O–H groups in total. The minimum absolute atomic E-state index is 0.120. The maximum absolute atomic E-state index is 5.87. The smallest absolute Gasteiger partial charge is 0.123 e. The number of hydrogen-bond donors (Lipinski definition) is 4. The van der Waals surface area contributed by atoms with Crippen molar-refractivity contribution in [1.29, 1.82) is 0 Å². The van der Waals surface area contributed by atoms with Crippen molar-refractivity contribution in [2.75, 3.05) is 6.54 Å². The summed E-state index contributed by atoms with van der Waals surface area (Å²) in [5.74, 6) is 1.80. The van der Waals surface area contributed by atoms with Gasteiger partial charge in [0.15, 0.2) is 0 Å². The van der Waals surface area contributed by atoms with Crippen LogP contribution >= 0.6 is 0 Å². The molecule has 5 rings (SSSR count). The first-order valence-electron chi connectivity index (χ1n) is 10.3. The van der Waals surface area contributed by atoms with Gasteiger partial charge < -0.3 is 21.0 Å². The summed E-state index contributed by atoms with van der Waals surface area (Å²) in [4.78, 5) is 20.2. The van der Waals surface area contributed by atoms with Gasteiger partial charge >= 0.3 is 0 Å². The molecule has 30 heavy (non-hydrogen) atoms. The number of benzene rings is 1. The summed E-state index contributed by atoms with van der Waals surface area (Å²) in [7, 11) is 0. The lowest BCUT2D eigenvalue weighted by molar-refractivity contribution is 0.613. The molecule has 4 heterocycles. The van der Waals surface area contributed by atoms with E-state index in [2.05, 4.69) is 54.5 Å². The minimum Gasteiger partial charge on any atom is -0.341 e. The molecule has 0 unspecified atom stereocenters. The summed E-state index contributed by atoms with van der Waals surface area (Å²) >= 11 is 0. The van der Waals surface area contributed by atoms with Crippen molar-refractivity contribution >= 4 is 0 Å². The summed E-state index contributed by atoms with van der Waals surface area (Å²) < 4.78 is 0. The molecular formula is C23H25N7. The van der Waals surface area contributed by atoms with Gasteiger partial charge in [0.25, 0.3) is 0 Å². The fourth-order valence-corrected chi connectivity index (χ4v) is 3.84. The van der Waals surface area contributed by atoms with E-state index in [1.54, 1.807) is 6.20 Å². The maximum Gasteiger partial charge on any atom is 0.123 e. The Morgan fingerprint density at radius 3 is 2.27 bits per heavy atom. The van der Waals surface area contributed by atoms with Gasteiger partial charge in [0.05, 0.1) is 41.6 Å². The van der Waals surface area contributed by atoms with Crippen LogP contribution in [0.15, 0.2) is 55.0 Å². The van der Waals surface area contributed by atoms with Gasteiger partial charge in [-0.15, -0.1) is 0 Å². The maximum atomic E-state index is 5.87. The van der Waals surface area contributed by atoms with E-state index in [4.69, 9.17) is 5.73 Å². The molecule has 152 valence electrons. The molecule has 7 heteroatoms. The van der Waals surface area contributed by atoms with Gasteiger partial charge in [-0.1, -0.05) is 24.3 Å². The number of aromatic nitrogens is 5. The molecule has 1 saturated heterocycles. The van der Waals surface area contributed by atoms with Crippen LogP contribution in [0.4, 0.5) is 0 Å². The van der Waals surface area contributed by atoms with E-state index in [0.717, 1.165) is 58.4 Å². The highest BCUT2D eigenvalue weighted by Gasteiger charge is 2.19. The first-order valence-corrected chi connectivity index (χ1v) is 10.3. The molecule has 0 aliphatic carbocycles. The molecule has 3 aromatic heterocycles. The number of nitrogens with one attached hydrogen (secondary N) is 3. The number of nitrogens with zero attached hydrogens (tertiary/aromatic N) is 3. The molecule has 0 bridgehead atoms. The quantitative estimate of drug-likeness (QED) is 0.406. The average molecular weight is 400 g/mol. The summed E-state index contributed by atoms with van der Waals surface area (Å²) in [5, 5.41) is 3.48. The lowest BCUT2D eigenvalue weighted by Gasteiger charge is -2.06. The van der Waals surface area contributed by atoms with Crippen LogP contribution in [0, 0.1) is 0 Å². The molecule has 1 fully saturated rings. The molecule has 0 saturated carbocycles. The van der Waals surface area contributed by atoms with Gasteiger partial charge in [0.2, 0.25) is 0 Å². The first-order chi connectivity index (χ1) is 14.7. The normalized spacial score (nSPS) is 17.3. The van der Waals surface area contributed by atoms with E-state index in [0.29, 0.717) is 6.04 Å². The third kappa shape index (κ3) is 3.65. The van der Waals surface area contributed by atoms with Crippen molar-refractivity contribution in [3.05, 3.63) is 66.6 Å². The van der Waals surface area contributed by atoms with E-state index in [-0.39, 0.29) is 6.04 Å². The van der Waals surface area contributed by atoms with Gasteiger partial charge in [-0.2, -0.15) is 0 Å². The van der Waals surface area contributed by atoms with Crippen molar-refractivity contribution in [1.82, 2.24) is 30.2 Å². The monoisotopic (exact) mass is 399 g/mol. The van der Waals surface area contributed by atoms with Crippen molar-refractivity contribution in [2.45, 2.75) is 31.8 Å². The van der Waals surface area contributed by atoms with E-state index in [1.165, 1.54) is 6.42 Å². The molecule has 0 radical (unpaired) electrons. The Morgan fingerprint density at radius 1 is 0.867 bits per heavy atom. The Kier molecular flexibility index (Phi) is 4.90. The highest BCUT2D eigenvalue weighted by Crippen LogP contribution is 2.27. The SMILES string of the molecule is C[C@H](N)c1ncc(-c2ccc(-c3ccc(-c4cnc([C@@H]5CCCN5)[nH]4)cc3)nc2)[nH]1. The van der Waals surface area contributed by atoms with Gasteiger partial charge in [-0.25, -0.2) is 9.97 Å². The topological polar surface area (TPSA) is 108 Å². The Hall–Kier alpha value is -3.29. The lowest BCUT2D eigenvalue weighted by atomic mass is 10.1. The van der Waals surface area contributed by atoms with Crippen LogP contribution in [0.2, 0.25) is 0 Å². The van der Waals surface area contributed by atoms with Crippen LogP contribution in [0.1, 0.15) is 43.5 Å². The molecule has 7 nitrogen and oxygen atoms in total. The predicted octanol–water partition coefficient (Wildman–Crippen LogP) is 3.97. The second-order valence-corrected chi connectivity index (χ2v) is 7.81. The summed E-state index contributed by atoms with van der Waals surface area (Å²) in [6.07, 6.45) is 7.91. The third-order valence-electron chi connectivity index (χ3n) is 5.58. The second kappa shape index (κ2) is 7.85. The zero-order valence-electron chi connectivity index (χ0n) is 16.9. The predicted molar refractivity (Wildman–Crippen MR) is 117 cm³/mol. The first kappa shape index (κ1) is 18.7. The van der Waals surface area contributed by atoms with E-state index in [1.807, 2.05) is 31.5 Å². The second-order valence-electron chi connectivity index (χ2n) is 7.81. The number of aromatic amines is 2. The lowest BCUT2D eigenvalue weighted by Crippen LogP contribution is -2.14. The van der Waals surface area contributed by atoms with Crippen molar-refractivity contribution in [3.8, 4) is 33.8 Å². The zero-order chi connectivity index (χ0) is 20.5. The Bertz CT molecular complexity index is 1120. The molecule has 0 spiro atoms. The third-order valence-corrected chi connectivity index (χ3v) is 5.58. The Balaban J connectivity index is 1.32. The number of hydrogen-bond acceptors (Lipinski definition) is 5. The van der Waals surface area contributed by atoms with Gasteiger partial charge in [0, 0.05) is 17.3 Å². The molecule has 1 aliphatic heterocycles. The Labute approximate surface area is 175 Å². The standard InChI is InChI=1S/C23H25N7/c1-14(24)22-27-13-21(29-22)17-8-9-18(26-11-17)15-4-6-16(7-5-15)20-12-28-23(30-20)19-3-2-10-25-19/h4-9,11-14,19,25H,2-3,10,24H2,1H3,(H,27,29)(H,28,30)/t14-,19-/m0/s1. The highest BCUT2D eigenvalue weighted by molar-refractivity contribution is 5.68. The molecule has 2 atom stereocenters. The molecule has 1 aliphatic rings. The fourth-order valence-electron chi connectivity index (χ4n) is 3.84. The average Bonchev–Trinajstić information content (AvgIpc) is 3.55. The van der Waals surface area contributed by atoms with Gasteiger partial charge in [-0.3, -0.25) is 4.98 Å². The van der Waals surface area contributed by atoms with E-state index in [9.17, 15) is 0 Å². The largest absolute Gasteiger partial charge is 0.341 e. The van der Waals surface area contributed by atoms with Crippen LogP contribution in [-0.2, 0) is 0 Å². The van der Waals surface area contributed by atoms with Gasteiger partial charge in [0.1, 0.15) is 11.6 Å². The van der Waals surface area contributed by atoms with Crippen molar-refractivity contribution in [3.63, 3.8) is 0 Å². The van der Waals surface area contributed by atoms with E-state index < -0.39 is 0 Å². The minimum atomic E-state index is -0.120. The van der Waals surface area contributed by atoms with Crippen LogP contribution in [0.25, 0.3) is 33.8 Å². The van der Waals surface area contributed by atoms with Crippen LogP contribution in [0.5, 0.6) is 0 Å². The Morgan fingerprint density at radius 2 is 1.60 bits per heavy atom. The van der Waals surface area contributed by atoms with Crippen molar-refractivity contribution < 1.29 is 0 Å². The summed E-state index contributed by atoms with van der Waals surface area (Å²) in [6, 6.07) is 12.7. The molecule has 4 aromatic rings. The zero-order valence-corrected chi connectivity index (χ0v) is 16.9. The number of pyridine rings is 1. The van der Waals surface area contributed by atoms with Gasteiger partial charge in [-0.05, 0) is 44.0 Å². The van der Waals surface area contributed by atoms with Crippen LogP contribution < -0.4 is 11.1 Å². The van der Waals surface area contributed by atoms with Crippen molar-refractivity contribution in [2.24, 2.45) is 5.73 Å². The van der Waals surface area contributed by atoms with Crippen LogP contribution in [-0.4, -0.2) is 31.5 Å². The number of imidazole rings is 2. The summed E-state index contributed by atoms with van der Waals surface area (Å²) in [6.45, 7) is 2.97. The summed E-state index contributed by atoms with van der Waals surface area (Å²) in [5.41, 5.74) is 11.9. The van der Waals surface area contributed by atoms with E-state index >= 15 is 0 Å².